The second-order valence-electron chi connectivity index (χ2n) is 2.03. The normalized spacial score (nSPS) is 12.2. The molecule has 0 nitrogen and oxygen atoms in total. The van der Waals surface area contributed by atoms with Crippen LogP contribution in [0.1, 0.15) is 13.3 Å². The van der Waals surface area contributed by atoms with Crippen LogP contribution < -0.4 is 0 Å². The van der Waals surface area contributed by atoms with Gasteiger partial charge in [0.15, 0.2) is 0 Å². The van der Waals surface area contributed by atoms with Gasteiger partial charge in [0.1, 0.15) is 5.83 Å². The lowest BCUT2D eigenvalue weighted by atomic mass is 10.3. The van der Waals surface area contributed by atoms with E-state index in [1.165, 1.54) is 6.08 Å². The van der Waals surface area contributed by atoms with Crippen LogP contribution in [-0.2, 0) is 0 Å². The molecule has 0 aliphatic heterocycles. The smallest absolute Gasteiger partial charge is 0.116 e. The summed E-state index contributed by atoms with van der Waals surface area (Å²) in [5, 5.41) is 0. The summed E-state index contributed by atoms with van der Waals surface area (Å²) < 4.78 is 11.9. The second-order valence-corrected chi connectivity index (χ2v) is 2.03. The molecule has 0 radical (unpaired) electrons. The average Bonchev–Trinajstić information content (AvgIpc) is 1.96. The van der Waals surface area contributed by atoms with Crippen LogP contribution in [0.25, 0.3) is 0 Å². The third-order valence-electron chi connectivity index (χ3n) is 0.982. The summed E-state index contributed by atoms with van der Waals surface area (Å²) in [5.74, 6) is -0.422. The summed E-state index contributed by atoms with van der Waals surface area (Å²) in [5.41, 5.74) is 0. The van der Waals surface area contributed by atoms with Gasteiger partial charge in [-0.15, -0.1) is 0 Å². The van der Waals surface area contributed by atoms with Gasteiger partial charge < -0.3 is 0 Å². The molecule has 0 saturated heterocycles. The van der Waals surface area contributed by atoms with E-state index in [4.69, 9.17) is 0 Å². The molecule has 11 heavy (non-hydrogen) atoms. The SMILES string of the molecule is C=C(F)\C=C/C=C\C=C/CC. The number of allylic oxidation sites excluding steroid dienone is 7. The molecule has 0 heterocycles. The van der Waals surface area contributed by atoms with Crippen molar-refractivity contribution >= 4 is 0 Å². The van der Waals surface area contributed by atoms with E-state index in [1.807, 2.05) is 18.2 Å². The summed E-state index contributed by atoms with van der Waals surface area (Å²) >= 11 is 0. The number of hydrogen-bond donors (Lipinski definition) is 0. The van der Waals surface area contributed by atoms with Gasteiger partial charge in [0.25, 0.3) is 0 Å². The predicted molar refractivity (Wildman–Crippen MR) is 48.0 cm³/mol. The summed E-state index contributed by atoms with van der Waals surface area (Å²) in [7, 11) is 0. The maximum atomic E-state index is 11.9. The molecule has 0 aliphatic carbocycles. The van der Waals surface area contributed by atoms with Crippen LogP contribution in [0.5, 0.6) is 0 Å². The van der Waals surface area contributed by atoms with E-state index in [9.17, 15) is 4.39 Å². The first-order valence-corrected chi connectivity index (χ1v) is 3.61. The molecule has 1 heteroatoms. The van der Waals surface area contributed by atoms with E-state index in [-0.39, 0.29) is 0 Å². The lowest BCUT2D eigenvalue weighted by Crippen LogP contribution is -1.56. The molecule has 0 amide bonds. The maximum absolute atomic E-state index is 11.9. The van der Waals surface area contributed by atoms with Crippen molar-refractivity contribution in [3.05, 3.63) is 48.9 Å². The van der Waals surface area contributed by atoms with Gasteiger partial charge in [-0.05, 0) is 12.5 Å². The molecule has 0 saturated carbocycles. The zero-order chi connectivity index (χ0) is 8.53. The Labute approximate surface area is 67.4 Å². The maximum Gasteiger partial charge on any atom is 0.116 e. The van der Waals surface area contributed by atoms with Gasteiger partial charge in [0.2, 0.25) is 0 Å². The fourth-order valence-electron chi connectivity index (χ4n) is 0.503. The molecule has 0 atom stereocenters. The van der Waals surface area contributed by atoms with Crippen molar-refractivity contribution in [2.24, 2.45) is 0 Å². The van der Waals surface area contributed by atoms with Crippen LogP contribution in [0.15, 0.2) is 48.9 Å². The number of hydrogen-bond acceptors (Lipinski definition) is 0. The van der Waals surface area contributed by atoms with E-state index in [0.29, 0.717) is 0 Å². The van der Waals surface area contributed by atoms with Crippen LogP contribution in [0.4, 0.5) is 4.39 Å². The first kappa shape index (κ1) is 9.89. The molecule has 0 aromatic heterocycles. The first-order chi connectivity index (χ1) is 5.27. The molecule has 0 aromatic carbocycles. The fourth-order valence-corrected chi connectivity index (χ4v) is 0.503. The monoisotopic (exact) mass is 152 g/mol. The van der Waals surface area contributed by atoms with Crippen molar-refractivity contribution < 1.29 is 4.39 Å². The molecule has 0 aliphatic rings. The Balaban J connectivity index is 3.60. The molecular weight excluding hydrogens is 139 g/mol. The molecule has 0 fully saturated rings. The Kier molecular flexibility index (Phi) is 6.30. The van der Waals surface area contributed by atoms with Crippen molar-refractivity contribution in [2.45, 2.75) is 13.3 Å². The highest BCUT2D eigenvalue weighted by Crippen LogP contribution is 1.92. The third kappa shape index (κ3) is 8.89. The average molecular weight is 152 g/mol. The lowest BCUT2D eigenvalue weighted by Gasteiger charge is -1.76. The number of rotatable bonds is 4. The number of halogens is 1. The minimum atomic E-state index is -0.422. The van der Waals surface area contributed by atoms with Gasteiger partial charge >= 0.3 is 0 Å². The van der Waals surface area contributed by atoms with Gasteiger partial charge in [0.05, 0.1) is 0 Å². The Morgan fingerprint density at radius 3 is 2.45 bits per heavy atom. The van der Waals surface area contributed by atoms with Crippen LogP contribution in [0.2, 0.25) is 0 Å². The summed E-state index contributed by atoms with van der Waals surface area (Å²) in [6.07, 6.45) is 11.5. The van der Waals surface area contributed by atoms with E-state index in [1.54, 1.807) is 12.2 Å². The van der Waals surface area contributed by atoms with E-state index in [2.05, 4.69) is 13.5 Å². The fraction of sp³-hybridized carbons (Fsp3) is 0.200. The van der Waals surface area contributed by atoms with Crippen LogP contribution in [-0.4, -0.2) is 0 Å². The Morgan fingerprint density at radius 1 is 1.27 bits per heavy atom. The van der Waals surface area contributed by atoms with Crippen molar-refractivity contribution in [1.82, 2.24) is 0 Å². The Morgan fingerprint density at radius 2 is 1.91 bits per heavy atom. The zero-order valence-corrected chi connectivity index (χ0v) is 6.76. The van der Waals surface area contributed by atoms with Crippen molar-refractivity contribution in [1.29, 1.82) is 0 Å². The van der Waals surface area contributed by atoms with Crippen molar-refractivity contribution in [3.63, 3.8) is 0 Å². The first-order valence-electron chi connectivity index (χ1n) is 3.61. The highest BCUT2D eigenvalue weighted by molar-refractivity contribution is 5.16. The zero-order valence-electron chi connectivity index (χ0n) is 6.76. The molecule has 60 valence electrons. The molecule has 0 N–H and O–H groups in total. The van der Waals surface area contributed by atoms with Crippen LogP contribution >= 0.6 is 0 Å². The topological polar surface area (TPSA) is 0 Å². The summed E-state index contributed by atoms with van der Waals surface area (Å²) in [6, 6.07) is 0. The predicted octanol–water partition coefficient (Wildman–Crippen LogP) is 3.55. The van der Waals surface area contributed by atoms with E-state index < -0.39 is 5.83 Å². The molecule has 0 aromatic rings. The minimum absolute atomic E-state index is 0.422. The van der Waals surface area contributed by atoms with Gasteiger partial charge in [0, 0.05) is 0 Å². The van der Waals surface area contributed by atoms with Gasteiger partial charge in [-0.2, -0.15) is 0 Å². The quantitative estimate of drug-likeness (QED) is 0.540. The largest absolute Gasteiger partial charge is 0.208 e. The van der Waals surface area contributed by atoms with E-state index in [0.717, 1.165) is 6.42 Å². The lowest BCUT2D eigenvalue weighted by molar-refractivity contribution is 0.671. The van der Waals surface area contributed by atoms with Crippen LogP contribution in [0.3, 0.4) is 0 Å². The minimum Gasteiger partial charge on any atom is -0.208 e. The van der Waals surface area contributed by atoms with Crippen molar-refractivity contribution in [2.75, 3.05) is 0 Å². The molecule has 0 unspecified atom stereocenters. The highest BCUT2D eigenvalue weighted by Gasteiger charge is 1.72. The van der Waals surface area contributed by atoms with E-state index >= 15 is 0 Å². The Bertz CT molecular complexity index is 185. The third-order valence-corrected chi connectivity index (χ3v) is 0.982. The summed E-state index contributed by atoms with van der Waals surface area (Å²) in [6.45, 7) is 5.14. The molecule has 0 rings (SSSR count). The Hall–Kier alpha value is -1.11. The highest BCUT2D eigenvalue weighted by atomic mass is 19.1. The van der Waals surface area contributed by atoms with Gasteiger partial charge in [-0.1, -0.05) is 43.9 Å². The van der Waals surface area contributed by atoms with Gasteiger partial charge in [-0.25, -0.2) is 4.39 Å². The molecule has 0 spiro atoms. The molecular formula is C10H13F. The summed E-state index contributed by atoms with van der Waals surface area (Å²) in [4.78, 5) is 0. The van der Waals surface area contributed by atoms with Crippen LogP contribution in [0, 0.1) is 0 Å². The molecule has 0 bridgehead atoms. The van der Waals surface area contributed by atoms with Gasteiger partial charge in [-0.3, -0.25) is 0 Å². The second kappa shape index (κ2) is 7.00. The van der Waals surface area contributed by atoms with Crippen molar-refractivity contribution in [3.8, 4) is 0 Å². The standard InChI is InChI=1S/C10H13F/c1-3-4-5-6-7-8-9-10(2)11/h4-9H,2-3H2,1H3/b5-4-,7-6-,9-8-.